The molecule has 0 spiro atoms. The monoisotopic (exact) mass is 315 g/mol. The molecule has 1 aliphatic heterocycles. The van der Waals surface area contributed by atoms with Gasteiger partial charge in [-0.2, -0.15) is 0 Å². The van der Waals surface area contributed by atoms with Crippen LogP contribution in [0.5, 0.6) is 0 Å². The van der Waals surface area contributed by atoms with Crippen molar-refractivity contribution in [2.45, 2.75) is 45.1 Å². The summed E-state index contributed by atoms with van der Waals surface area (Å²) in [7, 11) is -3.55. The van der Waals surface area contributed by atoms with Crippen molar-refractivity contribution in [3.63, 3.8) is 0 Å². The predicted molar refractivity (Wildman–Crippen MR) is 89.9 cm³/mol. The lowest BCUT2D eigenvalue weighted by atomic mass is 10.1. The number of anilines is 1. The molecule has 2 aromatic rings. The van der Waals surface area contributed by atoms with Gasteiger partial charge in [0.25, 0.3) is 10.0 Å². The first-order valence-corrected chi connectivity index (χ1v) is 8.96. The first-order chi connectivity index (χ1) is 10.3. The summed E-state index contributed by atoms with van der Waals surface area (Å²) >= 11 is 0. The van der Waals surface area contributed by atoms with E-state index in [0.717, 1.165) is 34.4 Å². The Hall–Kier alpha value is -1.81. The Balaban J connectivity index is 2.20. The van der Waals surface area contributed by atoms with E-state index >= 15 is 0 Å². The van der Waals surface area contributed by atoms with E-state index in [2.05, 4.69) is 0 Å². The second-order valence-electron chi connectivity index (χ2n) is 6.21. The van der Waals surface area contributed by atoms with Crippen LogP contribution in [-0.2, 0) is 16.4 Å². The molecule has 116 valence electrons. The summed E-state index contributed by atoms with van der Waals surface area (Å²) in [5.41, 5.74) is 4.63. The molecule has 0 aliphatic carbocycles. The summed E-state index contributed by atoms with van der Waals surface area (Å²) in [5, 5.41) is 0. The number of benzene rings is 2. The Bertz CT molecular complexity index is 817. The fourth-order valence-electron chi connectivity index (χ4n) is 3.58. The molecule has 1 heterocycles. The second-order valence-corrected chi connectivity index (χ2v) is 7.96. The van der Waals surface area contributed by atoms with Gasteiger partial charge in [0.05, 0.1) is 10.6 Å². The van der Waals surface area contributed by atoms with Gasteiger partial charge in [0.15, 0.2) is 0 Å². The van der Waals surface area contributed by atoms with Crippen LogP contribution in [0.2, 0.25) is 0 Å². The van der Waals surface area contributed by atoms with Crippen LogP contribution in [0.15, 0.2) is 41.3 Å². The molecule has 0 radical (unpaired) electrons. The van der Waals surface area contributed by atoms with Gasteiger partial charge in [-0.3, -0.25) is 4.31 Å². The van der Waals surface area contributed by atoms with Crippen molar-refractivity contribution in [3.8, 4) is 0 Å². The van der Waals surface area contributed by atoms with Crippen molar-refractivity contribution in [1.29, 1.82) is 0 Å². The van der Waals surface area contributed by atoms with Gasteiger partial charge < -0.3 is 0 Å². The van der Waals surface area contributed by atoms with Crippen LogP contribution in [0.25, 0.3) is 0 Å². The van der Waals surface area contributed by atoms with Crippen molar-refractivity contribution in [3.05, 3.63) is 58.7 Å². The van der Waals surface area contributed by atoms with Gasteiger partial charge >= 0.3 is 0 Å². The lowest BCUT2D eigenvalue weighted by Gasteiger charge is -2.26. The molecular weight excluding hydrogens is 294 g/mol. The average Bonchev–Trinajstić information content (AvgIpc) is 2.73. The van der Waals surface area contributed by atoms with Gasteiger partial charge in [0.2, 0.25) is 0 Å². The maximum Gasteiger partial charge on any atom is 0.265 e. The molecule has 0 N–H and O–H groups in total. The Labute approximate surface area is 132 Å². The minimum Gasteiger partial charge on any atom is -0.263 e. The predicted octanol–water partition coefficient (Wildman–Crippen LogP) is 3.75. The van der Waals surface area contributed by atoms with Crippen molar-refractivity contribution in [2.24, 2.45) is 0 Å². The van der Waals surface area contributed by atoms with Crippen molar-refractivity contribution >= 4 is 15.7 Å². The maximum atomic E-state index is 13.3. The van der Waals surface area contributed by atoms with Crippen LogP contribution >= 0.6 is 0 Å². The summed E-state index contributed by atoms with van der Waals surface area (Å²) in [4.78, 5) is 0.446. The van der Waals surface area contributed by atoms with E-state index in [-0.39, 0.29) is 6.04 Å². The summed E-state index contributed by atoms with van der Waals surface area (Å²) in [6, 6.07) is 11.6. The molecule has 3 nitrogen and oxygen atoms in total. The highest BCUT2D eigenvalue weighted by Gasteiger charge is 2.37. The van der Waals surface area contributed by atoms with Crippen LogP contribution < -0.4 is 4.31 Å². The Morgan fingerprint density at radius 3 is 2.27 bits per heavy atom. The van der Waals surface area contributed by atoms with Crippen molar-refractivity contribution < 1.29 is 8.42 Å². The summed E-state index contributed by atoms with van der Waals surface area (Å²) in [6.45, 7) is 7.71. The fraction of sp³-hybridized carbons (Fsp3) is 0.333. The van der Waals surface area contributed by atoms with Gasteiger partial charge in [-0.15, -0.1) is 0 Å². The summed E-state index contributed by atoms with van der Waals surface area (Å²) < 4.78 is 28.2. The molecule has 1 aliphatic rings. The van der Waals surface area contributed by atoms with E-state index in [0.29, 0.717) is 4.90 Å². The molecule has 4 heteroatoms. The lowest BCUT2D eigenvalue weighted by molar-refractivity contribution is 0.583. The number of hydrogen-bond donors (Lipinski definition) is 0. The zero-order valence-corrected chi connectivity index (χ0v) is 14.2. The number of fused-ring (bicyclic) bond motifs is 1. The zero-order chi connectivity index (χ0) is 16.1. The van der Waals surface area contributed by atoms with Gasteiger partial charge in [-0.25, -0.2) is 8.42 Å². The molecule has 0 unspecified atom stereocenters. The standard InChI is InChI=1S/C18H21NO2S/c1-12-9-13(2)18(14(3)10-12)22(20,21)19-15(4)11-16-7-5-6-8-17(16)19/h5-10,15H,11H2,1-4H3/t15-/m0/s1. The van der Waals surface area contributed by atoms with E-state index < -0.39 is 10.0 Å². The number of sulfonamides is 1. The molecule has 2 aromatic carbocycles. The molecular formula is C18H21NO2S. The van der Waals surface area contributed by atoms with E-state index in [4.69, 9.17) is 0 Å². The molecule has 0 saturated carbocycles. The van der Waals surface area contributed by atoms with Crippen molar-refractivity contribution in [2.75, 3.05) is 4.31 Å². The molecule has 22 heavy (non-hydrogen) atoms. The summed E-state index contributed by atoms with van der Waals surface area (Å²) in [5.74, 6) is 0. The van der Waals surface area contributed by atoms with E-state index in [1.807, 2.05) is 64.1 Å². The number of hydrogen-bond acceptors (Lipinski definition) is 2. The molecule has 0 fully saturated rings. The third-order valence-corrected chi connectivity index (χ3v) is 6.50. The highest BCUT2D eigenvalue weighted by molar-refractivity contribution is 7.93. The topological polar surface area (TPSA) is 37.4 Å². The van der Waals surface area contributed by atoms with Gasteiger partial charge in [0, 0.05) is 6.04 Å². The van der Waals surface area contributed by atoms with Gasteiger partial charge in [0.1, 0.15) is 0 Å². The Morgan fingerprint density at radius 2 is 1.64 bits per heavy atom. The zero-order valence-electron chi connectivity index (χ0n) is 13.4. The summed E-state index contributed by atoms with van der Waals surface area (Å²) in [6.07, 6.45) is 0.763. The molecule has 3 rings (SSSR count). The average molecular weight is 315 g/mol. The smallest absolute Gasteiger partial charge is 0.263 e. The quantitative estimate of drug-likeness (QED) is 0.846. The second kappa shape index (κ2) is 5.13. The first-order valence-electron chi connectivity index (χ1n) is 7.52. The van der Waals surface area contributed by atoms with E-state index in [1.165, 1.54) is 0 Å². The minimum atomic E-state index is -3.55. The highest BCUT2D eigenvalue weighted by Crippen LogP contribution is 2.38. The van der Waals surface area contributed by atoms with Crippen LogP contribution in [-0.4, -0.2) is 14.5 Å². The molecule has 0 aromatic heterocycles. The van der Waals surface area contributed by atoms with Crippen LogP contribution in [0, 0.1) is 20.8 Å². The van der Waals surface area contributed by atoms with Crippen LogP contribution in [0.4, 0.5) is 5.69 Å². The van der Waals surface area contributed by atoms with Crippen LogP contribution in [0.1, 0.15) is 29.2 Å². The third-order valence-electron chi connectivity index (χ3n) is 4.27. The van der Waals surface area contributed by atoms with Crippen molar-refractivity contribution in [1.82, 2.24) is 0 Å². The number of aryl methyl sites for hydroxylation is 3. The third kappa shape index (κ3) is 2.22. The molecule has 1 atom stereocenters. The molecule has 0 bridgehead atoms. The van der Waals surface area contributed by atoms with Gasteiger partial charge in [-0.05, 0) is 56.9 Å². The van der Waals surface area contributed by atoms with E-state index in [9.17, 15) is 8.42 Å². The highest BCUT2D eigenvalue weighted by atomic mass is 32.2. The van der Waals surface area contributed by atoms with Crippen LogP contribution in [0.3, 0.4) is 0 Å². The minimum absolute atomic E-state index is 0.0532. The number of para-hydroxylation sites is 1. The Morgan fingerprint density at radius 1 is 1.05 bits per heavy atom. The Kier molecular flexibility index (Phi) is 3.52. The normalized spacial score (nSPS) is 17.6. The fourth-order valence-corrected chi connectivity index (χ4v) is 5.69. The first kappa shape index (κ1) is 15.1. The van der Waals surface area contributed by atoms with Gasteiger partial charge in [-0.1, -0.05) is 35.9 Å². The molecule has 0 amide bonds. The number of rotatable bonds is 2. The lowest BCUT2D eigenvalue weighted by Crippen LogP contribution is -2.36. The molecule has 0 saturated heterocycles. The SMILES string of the molecule is Cc1cc(C)c(S(=O)(=O)N2c3ccccc3C[C@@H]2C)c(C)c1. The number of nitrogens with zero attached hydrogens (tertiary/aromatic N) is 1. The van der Waals surface area contributed by atoms with E-state index in [1.54, 1.807) is 4.31 Å². The maximum absolute atomic E-state index is 13.3. The largest absolute Gasteiger partial charge is 0.265 e.